The van der Waals surface area contributed by atoms with E-state index in [1.165, 1.54) is 4.02 Å². The van der Waals surface area contributed by atoms with Crippen molar-refractivity contribution in [3.63, 3.8) is 0 Å². The molecule has 8 heavy (non-hydrogen) atoms. The van der Waals surface area contributed by atoms with Crippen LogP contribution < -0.4 is 0 Å². The normalized spacial score (nSPS) is 10.8. The topological polar surface area (TPSA) is 3.24 Å². The van der Waals surface area contributed by atoms with E-state index in [4.69, 9.17) is 0 Å². The summed E-state index contributed by atoms with van der Waals surface area (Å²) in [7, 11) is 2.13. The number of hydrogen-bond acceptors (Lipinski definition) is 1. The maximum absolute atomic E-state index is 2.29. The maximum atomic E-state index is 2.29. The van der Waals surface area contributed by atoms with Gasteiger partial charge in [0, 0.05) is 0 Å². The summed E-state index contributed by atoms with van der Waals surface area (Å²) in [5, 5.41) is 0. The van der Waals surface area contributed by atoms with E-state index >= 15 is 0 Å². The molecule has 0 atom stereocenters. The Balaban J connectivity index is 3.64. The molecule has 48 valence electrons. The summed E-state index contributed by atoms with van der Waals surface area (Å²) in [6, 6.07) is 0.660. The Morgan fingerprint density at radius 2 is 1.88 bits per heavy atom. The predicted molar refractivity (Wildman–Crippen MR) is 33.6 cm³/mol. The van der Waals surface area contributed by atoms with Gasteiger partial charge in [0.05, 0.1) is 0 Å². The van der Waals surface area contributed by atoms with Crippen LogP contribution in [0.25, 0.3) is 0 Å². The Labute approximate surface area is 62.5 Å². The summed E-state index contributed by atoms with van der Waals surface area (Å²) < 4.78 is 1.46. The van der Waals surface area contributed by atoms with E-state index < -0.39 is 0 Å². The molecule has 1 nitrogen and oxygen atoms in total. The number of nitrogens with zero attached hydrogens (tertiary/aromatic N) is 1. The molecule has 0 spiro atoms. The average Bonchev–Trinajstić information content (AvgIpc) is 1.64. The van der Waals surface area contributed by atoms with Crippen LogP contribution in [0.5, 0.6) is 0 Å². The summed E-state index contributed by atoms with van der Waals surface area (Å²) in [5.74, 6) is 0. The number of hydrogen-bond donors (Lipinski definition) is 0. The van der Waals surface area contributed by atoms with E-state index in [2.05, 4.69) is 32.7 Å². The minimum atomic E-state index is 0.660. The van der Waals surface area contributed by atoms with Crippen molar-refractivity contribution in [1.29, 1.82) is 0 Å². The molecule has 0 N–H and O–H groups in total. The summed E-state index contributed by atoms with van der Waals surface area (Å²) in [6.07, 6.45) is 0. The molecule has 0 fully saturated rings. The molecule has 0 aliphatic heterocycles. The Morgan fingerprint density at radius 1 is 1.50 bits per heavy atom. The van der Waals surface area contributed by atoms with E-state index in [9.17, 15) is 0 Å². The van der Waals surface area contributed by atoms with Crippen LogP contribution in [0.1, 0.15) is 20.8 Å². The van der Waals surface area contributed by atoms with Gasteiger partial charge in [-0.15, -0.1) is 0 Å². The first-order valence-corrected chi connectivity index (χ1v) is 4.25. The molecular weight excluding hydrogens is 270 g/mol. The van der Waals surface area contributed by atoms with Crippen molar-refractivity contribution in [2.24, 2.45) is 0 Å². The fourth-order valence-electron chi connectivity index (χ4n) is 0.364. The van der Waals surface area contributed by atoms with E-state index in [-0.39, 0.29) is 0 Å². The van der Waals surface area contributed by atoms with Crippen LogP contribution >= 0.6 is 0 Å². The van der Waals surface area contributed by atoms with Crippen molar-refractivity contribution < 1.29 is 19.4 Å². The second-order valence-electron chi connectivity index (χ2n) is 2.22. The molecular formula is C6H13NW. The fourth-order valence-corrected chi connectivity index (χ4v) is 1.12. The molecule has 0 amide bonds. The Kier molecular flexibility index (Phi) is 3.75. The second-order valence-corrected chi connectivity index (χ2v) is 4.35. The van der Waals surface area contributed by atoms with Crippen molar-refractivity contribution in [3.8, 4) is 0 Å². The third kappa shape index (κ3) is 2.74. The molecule has 0 aromatic carbocycles. The van der Waals surface area contributed by atoms with Crippen LogP contribution in [0, 0.1) is 0 Å². The second kappa shape index (κ2) is 3.53. The molecule has 0 rings (SSSR count). The first kappa shape index (κ1) is 8.52. The van der Waals surface area contributed by atoms with Crippen molar-refractivity contribution in [1.82, 2.24) is 4.90 Å². The molecule has 0 saturated carbocycles. The molecule has 0 unspecified atom stereocenters. The third-order valence-electron chi connectivity index (χ3n) is 1.27. The summed E-state index contributed by atoms with van der Waals surface area (Å²) in [4.78, 5) is 2.29. The molecule has 0 aliphatic carbocycles. The van der Waals surface area contributed by atoms with Crippen LogP contribution in [-0.2, 0) is 19.4 Å². The standard InChI is InChI=1S/C6H13N.W/c1-5-7(4)6(2)3;/h6H,1-4H3;. The van der Waals surface area contributed by atoms with Crippen molar-refractivity contribution >= 4 is 4.02 Å². The van der Waals surface area contributed by atoms with Gasteiger partial charge < -0.3 is 0 Å². The Hall–Kier alpha value is 0.518. The molecule has 0 aromatic heterocycles. The predicted octanol–water partition coefficient (Wildman–Crippen LogP) is 1.02. The van der Waals surface area contributed by atoms with Gasteiger partial charge in [-0.3, -0.25) is 0 Å². The van der Waals surface area contributed by atoms with Gasteiger partial charge in [0.25, 0.3) is 0 Å². The molecule has 0 radical (unpaired) electrons. The van der Waals surface area contributed by atoms with Crippen LogP contribution in [0.3, 0.4) is 0 Å². The monoisotopic (exact) mass is 283 g/mol. The molecule has 2 heteroatoms. The summed E-state index contributed by atoms with van der Waals surface area (Å²) in [5.41, 5.74) is 0. The number of rotatable bonds is 2. The van der Waals surface area contributed by atoms with Crippen LogP contribution in [0.2, 0.25) is 0 Å². The zero-order valence-corrected chi connectivity index (χ0v) is 8.87. The molecule has 0 heterocycles. The van der Waals surface area contributed by atoms with Gasteiger partial charge in [-0.1, -0.05) is 0 Å². The molecule has 0 aliphatic rings. The van der Waals surface area contributed by atoms with Crippen molar-refractivity contribution in [3.05, 3.63) is 0 Å². The van der Waals surface area contributed by atoms with Crippen molar-refractivity contribution in [2.45, 2.75) is 26.8 Å². The van der Waals surface area contributed by atoms with E-state index in [1.54, 1.807) is 19.4 Å². The zero-order valence-electron chi connectivity index (χ0n) is 5.93. The molecule has 0 aromatic rings. The zero-order chi connectivity index (χ0) is 6.73. The Morgan fingerprint density at radius 3 is 1.88 bits per heavy atom. The van der Waals surface area contributed by atoms with Crippen LogP contribution in [-0.4, -0.2) is 22.0 Å². The average molecular weight is 283 g/mol. The van der Waals surface area contributed by atoms with Gasteiger partial charge in [-0.25, -0.2) is 0 Å². The third-order valence-corrected chi connectivity index (χ3v) is 2.31. The van der Waals surface area contributed by atoms with E-state index in [1.807, 2.05) is 0 Å². The molecule has 0 saturated heterocycles. The minimum absolute atomic E-state index is 0.660. The fraction of sp³-hybridized carbons (Fsp3) is 0.833. The van der Waals surface area contributed by atoms with Gasteiger partial charge in [0.1, 0.15) is 0 Å². The van der Waals surface area contributed by atoms with Gasteiger partial charge in [0.15, 0.2) is 0 Å². The van der Waals surface area contributed by atoms with Gasteiger partial charge in [0.2, 0.25) is 0 Å². The van der Waals surface area contributed by atoms with Gasteiger partial charge in [-0.2, -0.15) is 0 Å². The first-order chi connectivity index (χ1) is 3.55. The first-order valence-electron chi connectivity index (χ1n) is 2.79. The summed E-state index contributed by atoms with van der Waals surface area (Å²) >= 11 is 1.57. The molecule has 0 bridgehead atoms. The van der Waals surface area contributed by atoms with E-state index in [0.29, 0.717) is 6.04 Å². The van der Waals surface area contributed by atoms with Gasteiger partial charge >= 0.3 is 62.1 Å². The van der Waals surface area contributed by atoms with Crippen LogP contribution in [0.15, 0.2) is 0 Å². The summed E-state index contributed by atoms with van der Waals surface area (Å²) in [6.45, 7) is 6.56. The van der Waals surface area contributed by atoms with Gasteiger partial charge in [-0.05, 0) is 0 Å². The van der Waals surface area contributed by atoms with Crippen LogP contribution in [0.4, 0.5) is 0 Å². The van der Waals surface area contributed by atoms with Crippen molar-refractivity contribution in [2.75, 3.05) is 7.05 Å². The SMILES string of the molecule is C[C](=[W])N(C)C(C)C. The quantitative estimate of drug-likeness (QED) is 0.731. The van der Waals surface area contributed by atoms with E-state index in [0.717, 1.165) is 0 Å². The Bertz CT molecular complexity index is 88.5.